The first kappa shape index (κ1) is 26.4. The molecule has 4 rings (SSSR count). The second-order valence-electron chi connectivity index (χ2n) is 9.81. The van der Waals surface area contributed by atoms with Crippen LogP contribution < -0.4 is 9.47 Å². The van der Waals surface area contributed by atoms with Crippen LogP contribution in [0.3, 0.4) is 0 Å². The molecule has 2 aromatic carbocycles. The van der Waals surface area contributed by atoms with Gasteiger partial charge in [0.05, 0.1) is 31.5 Å². The number of aliphatic hydroxyl groups is 1. The van der Waals surface area contributed by atoms with Crippen molar-refractivity contribution in [2.75, 3.05) is 26.5 Å². The molecule has 1 aromatic heterocycles. The lowest BCUT2D eigenvalue weighted by molar-refractivity contribution is 0.192. The van der Waals surface area contributed by atoms with Gasteiger partial charge >= 0.3 is 0 Å². The number of aromatic nitrogens is 2. The molecule has 1 aliphatic rings. The van der Waals surface area contributed by atoms with Crippen molar-refractivity contribution in [3.8, 4) is 22.6 Å². The van der Waals surface area contributed by atoms with Crippen LogP contribution in [0.5, 0.6) is 11.5 Å². The number of aryl methyl sites for hydroxylation is 1. The van der Waals surface area contributed by atoms with E-state index in [1.807, 2.05) is 24.3 Å². The average molecular weight is 517 g/mol. The second-order valence-corrected chi connectivity index (χ2v) is 12.3. The van der Waals surface area contributed by atoms with Crippen LogP contribution in [0.25, 0.3) is 11.1 Å². The van der Waals surface area contributed by atoms with Crippen LogP contribution in [0.1, 0.15) is 48.8 Å². The number of benzene rings is 2. The molecule has 3 aromatic rings. The van der Waals surface area contributed by atoms with Crippen LogP contribution in [0.15, 0.2) is 48.7 Å². The summed E-state index contributed by atoms with van der Waals surface area (Å²) in [5, 5.41) is 14.1. The van der Waals surface area contributed by atoms with Crippen molar-refractivity contribution in [2.45, 2.75) is 37.7 Å². The highest BCUT2D eigenvalue weighted by atomic mass is 31.2. The molecule has 1 fully saturated rings. The van der Waals surface area contributed by atoms with Gasteiger partial charge in [-0.15, -0.1) is 5.10 Å². The lowest BCUT2D eigenvalue weighted by Crippen LogP contribution is -2.19. The van der Waals surface area contributed by atoms with Gasteiger partial charge in [0.15, 0.2) is 0 Å². The van der Waals surface area contributed by atoms with Gasteiger partial charge in [0.25, 0.3) is 0 Å². The third kappa shape index (κ3) is 6.55. The molecule has 0 spiro atoms. The van der Waals surface area contributed by atoms with Gasteiger partial charge in [-0.3, -0.25) is 9.25 Å². The lowest BCUT2D eigenvalue weighted by atomic mass is 9.77. The number of ether oxygens (including phenoxy) is 2. The van der Waals surface area contributed by atoms with E-state index in [9.17, 15) is 19.0 Å². The minimum absolute atomic E-state index is 0.185. The Morgan fingerprint density at radius 3 is 2.53 bits per heavy atom. The predicted molar refractivity (Wildman–Crippen MR) is 137 cm³/mol. The molecule has 2 N–H and O–H groups in total. The monoisotopic (exact) mass is 516 g/mol. The zero-order chi connectivity index (χ0) is 25.9. The fraction of sp³-hybridized carbons (Fsp3) is 0.444. The summed E-state index contributed by atoms with van der Waals surface area (Å²) in [6.45, 7) is 1.80. The maximum Gasteiger partial charge on any atom is 0.240 e. The third-order valence-electron chi connectivity index (χ3n) is 6.86. The summed E-state index contributed by atoms with van der Waals surface area (Å²) in [5.41, 5.74) is 3.01. The predicted octanol–water partition coefficient (Wildman–Crippen LogP) is 5.52. The second kappa shape index (κ2) is 11.2. The topological polar surface area (TPSA) is 93.8 Å². The Morgan fingerprint density at radius 1 is 1.14 bits per heavy atom. The summed E-state index contributed by atoms with van der Waals surface area (Å²) in [6.07, 6.45) is 4.38. The molecule has 194 valence electrons. The van der Waals surface area contributed by atoms with Crippen LogP contribution in [0.2, 0.25) is 0 Å². The van der Waals surface area contributed by atoms with Gasteiger partial charge in [-0.2, -0.15) is 4.39 Å². The molecule has 0 bridgehead atoms. The fourth-order valence-electron chi connectivity index (χ4n) is 4.98. The number of aliphatic hydroxyl groups excluding tert-OH is 1. The minimum Gasteiger partial charge on any atom is -0.497 e. The van der Waals surface area contributed by atoms with Crippen molar-refractivity contribution in [2.24, 2.45) is 13.0 Å². The molecule has 0 radical (unpaired) electrons. The normalized spacial score (nSPS) is 20.5. The lowest BCUT2D eigenvalue weighted by Gasteiger charge is -2.30. The maximum atomic E-state index is 14.5. The van der Waals surface area contributed by atoms with Crippen molar-refractivity contribution in [1.82, 2.24) is 9.78 Å². The van der Waals surface area contributed by atoms with E-state index < -0.39 is 19.4 Å². The zero-order valence-corrected chi connectivity index (χ0v) is 21.8. The smallest absolute Gasteiger partial charge is 0.240 e. The first-order valence-corrected chi connectivity index (χ1v) is 14.5. The molecule has 1 heterocycles. The summed E-state index contributed by atoms with van der Waals surface area (Å²) in [6, 6.07) is 12.9. The summed E-state index contributed by atoms with van der Waals surface area (Å²) in [4.78, 5) is 9.56. The first-order valence-electron chi connectivity index (χ1n) is 12.2. The Balaban J connectivity index is 1.39. The van der Waals surface area contributed by atoms with Crippen LogP contribution in [-0.2, 0) is 11.6 Å². The highest BCUT2D eigenvalue weighted by Gasteiger charge is 2.27. The van der Waals surface area contributed by atoms with Crippen LogP contribution >= 0.6 is 7.37 Å². The molecular formula is C27H34FN2O5P. The quantitative estimate of drug-likeness (QED) is 0.364. The van der Waals surface area contributed by atoms with E-state index in [0.717, 1.165) is 42.6 Å². The Kier molecular flexibility index (Phi) is 8.18. The number of hydrogen-bond donors (Lipinski definition) is 2. The molecule has 0 amide bonds. The van der Waals surface area contributed by atoms with E-state index in [2.05, 4.69) is 5.10 Å². The van der Waals surface area contributed by atoms with E-state index in [-0.39, 0.29) is 12.1 Å². The Bertz CT molecular complexity index is 1230. The number of rotatable bonds is 9. The van der Waals surface area contributed by atoms with Gasteiger partial charge in [-0.25, -0.2) is 0 Å². The van der Waals surface area contributed by atoms with Gasteiger partial charge in [0.2, 0.25) is 13.3 Å². The van der Waals surface area contributed by atoms with E-state index in [4.69, 9.17) is 9.47 Å². The molecule has 0 saturated heterocycles. The highest BCUT2D eigenvalue weighted by Crippen LogP contribution is 2.42. The van der Waals surface area contributed by atoms with Crippen LogP contribution in [0.4, 0.5) is 4.39 Å². The zero-order valence-electron chi connectivity index (χ0n) is 20.9. The van der Waals surface area contributed by atoms with E-state index >= 15 is 0 Å². The SMILES string of the molecule is COc1ccc(-c2cn(C)nc2F)c(C2CCC(COc3cccc([C@H](O)CP(C)(=O)O)c3)CC2)c1. The van der Waals surface area contributed by atoms with E-state index in [1.54, 1.807) is 38.6 Å². The van der Waals surface area contributed by atoms with E-state index in [0.29, 0.717) is 29.4 Å². The average Bonchev–Trinajstić information content (AvgIpc) is 3.19. The Labute approximate surface area is 211 Å². The molecule has 1 unspecified atom stereocenters. The summed E-state index contributed by atoms with van der Waals surface area (Å²) < 4.78 is 39.1. The third-order valence-corrected chi connectivity index (χ3v) is 7.88. The number of nitrogens with zero attached hydrogens (tertiary/aromatic N) is 2. The Hall–Kier alpha value is -2.67. The maximum absolute atomic E-state index is 14.5. The van der Waals surface area contributed by atoms with Crippen molar-refractivity contribution in [3.63, 3.8) is 0 Å². The van der Waals surface area contributed by atoms with Gasteiger partial charge < -0.3 is 19.5 Å². The van der Waals surface area contributed by atoms with Gasteiger partial charge in [0.1, 0.15) is 11.5 Å². The summed E-state index contributed by atoms with van der Waals surface area (Å²) in [5.74, 6) is 1.59. The summed E-state index contributed by atoms with van der Waals surface area (Å²) in [7, 11) is 0.0241. The standard InChI is InChI=1S/C27H34FN2O5P/c1-30-15-25(27(28)29-30)23-12-11-21(34-2)14-24(23)19-9-7-18(8-10-19)16-35-22-6-4-5-20(13-22)26(31)17-36(3,32)33/h4-6,11-15,18-19,26,31H,7-10,16-17H2,1-3H3,(H,32,33)/t18?,19?,26-/m1/s1. The van der Waals surface area contributed by atoms with Crippen molar-refractivity contribution >= 4 is 7.37 Å². The molecule has 1 saturated carbocycles. The number of hydrogen-bond acceptors (Lipinski definition) is 5. The molecule has 9 heteroatoms. The molecule has 36 heavy (non-hydrogen) atoms. The number of halogens is 1. The molecule has 1 aliphatic carbocycles. The van der Waals surface area contributed by atoms with Crippen LogP contribution in [-0.4, -0.2) is 46.3 Å². The van der Waals surface area contributed by atoms with Crippen molar-refractivity contribution in [3.05, 3.63) is 65.7 Å². The van der Waals surface area contributed by atoms with Crippen molar-refractivity contribution < 1.29 is 28.4 Å². The summed E-state index contributed by atoms with van der Waals surface area (Å²) >= 11 is 0. The number of methoxy groups -OCH3 is 1. The molecule has 7 nitrogen and oxygen atoms in total. The van der Waals surface area contributed by atoms with Gasteiger partial charge in [0, 0.05) is 19.9 Å². The Morgan fingerprint density at radius 2 is 1.89 bits per heavy atom. The van der Waals surface area contributed by atoms with Gasteiger partial charge in [-0.05, 0) is 78.5 Å². The van der Waals surface area contributed by atoms with Gasteiger partial charge in [-0.1, -0.05) is 18.2 Å². The van der Waals surface area contributed by atoms with Crippen molar-refractivity contribution in [1.29, 1.82) is 0 Å². The minimum atomic E-state index is -3.33. The molecule has 0 aliphatic heterocycles. The first-order chi connectivity index (χ1) is 17.1. The van der Waals surface area contributed by atoms with E-state index in [1.165, 1.54) is 11.3 Å². The largest absolute Gasteiger partial charge is 0.497 e. The molecule has 2 atom stereocenters. The fourth-order valence-corrected chi connectivity index (χ4v) is 5.84. The van der Waals surface area contributed by atoms with Crippen LogP contribution in [0, 0.1) is 11.9 Å². The molecular weight excluding hydrogens is 482 g/mol. The highest BCUT2D eigenvalue weighted by molar-refractivity contribution is 7.57.